The molecule has 1 aliphatic rings. The lowest BCUT2D eigenvalue weighted by atomic mass is 9.77. The number of methoxy groups -OCH3 is 1. The van der Waals surface area contributed by atoms with Crippen molar-refractivity contribution in [2.75, 3.05) is 7.11 Å². The summed E-state index contributed by atoms with van der Waals surface area (Å²) in [5, 5.41) is 0.443. The Balaban J connectivity index is 2.46. The summed E-state index contributed by atoms with van der Waals surface area (Å²) in [7, 11) is 1.48. The van der Waals surface area contributed by atoms with Gasteiger partial charge in [-0.2, -0.15) is 0 Å². The van der Waals surface area contributed by atoms with E-state index in [0.29, 0.717) is 16.3 Å². The molecule has 2 N–H and O–H groups in total. The van der Waals surface area contributed by atoms with E-state index in [9.17, 15) is 4.39 Å². The van der Waals surface area contributed by atoms with Crippen molar-refractivity contribution in [2.24, 2.45) is 5.73 Å². The highest BCUT2D eigenvalue weighted by atomic mass is 35.5. The molecule has 2 rings (SSSR count). The third-order valence-electron chi connectivity index (χ3n) is 3.51. The Bertz CT molecular complexity index is 416. The van der Waals surface area contributed by atoms with Crippen LogP contribution >= 0.6 is 11.6 Å². The first kappa shape index (κ1) is 12.7. The minimum Gasteiger partial charge on any atom is -0.495 e. The zero-order chi connectivity index (χ0) is 12.5. The van der Waals surface area contributed by atoms with E-state index in [1.165, 1.54) is 25.7 Å². The van der Waals surface area contributed by atoms with Crippen molar-refractivity contribution < 1.29 is 9.13 Å². The molecule has 1 aliphatic carbocycles. The third kappa shape index (κ3) is 2.40. The maximum Gasteiger partial charge on any atom is 0.140 e. The largest absolute Gasteiger partial charge is 0.495 e. The van der Waals surface area contributed by atoms with Gasteiger partial charge in [0.05, 0.1) is 12.1 Å². The molecule has 2 nitrogen and oxygen atoms in total. The molecular formula is C13H17ClFNO. The minimum atomic E-state index is -0.509. The van der Waals surface area contributed by atoms with Crippen molar-refractivity contribution in [1.29, 1.82) is 0 Å². The maximum absolute atomic E-state index is 13.5. The second-order valence-corrected chi connectivity index (χ2v) is 5.06. The van der Waals surface area contributed by atoms with E-state index in [2.05, 4.69) is 0 Å². The van der Waals surface area contributed by atoms with Crippen LogP contribution in [0, 0.1) is 5.82 Å². The number of ether oxygens (including phenoxy) is 1. The summed E-state index contributed by atoms with van der Waals surface area (Å²) in [4.78, 5) is 0. The summed E-state index contributed by atoms with van der Waals surface area (Å²) in [6, 6.07) is 2.73. The Hall–Kier alpha value is -0.800. The van der Waals surface area contributed by atoms with Crippen molar-refractivity contribution in [3.8, 4) is 5.75 Å². The van der Waals surface area contributed by atoms with Gasteiger partial charge in [0.2, 0.25) is 0 Å². The lowest BCUT2D eigenvalue weighted by molar-refractivity contribution is 0.300. The summed E-state index contributed by atoms with van der Waals surface area (Å²) < 4.78 is 18.6. The molecule has 1 fully saturated rings. The van der Waals surface area contributed by atoms with E-state index in [4.69, 9.17) is 22.1 Å². The fraction of sp³-hybridized carbons (Fsp3) is 0.538. The smallest absolute Gasteiger partial charge is 0.140 e. The predicted octanol–water partition coefficient (Wildman–Crippen LogP) is 3.61. The Morgan fingerprint density at radius 3 is 2.53 bits per heavy atom. The van der Waals surface area contributed by atoms with Crippen molar-refractivity contribution in [1.82, 2.24) is 0 Å². The number of rotatable bonds is 2. The summed E-state index contributed by atoms with van der Waals surface area (Å²) in [6.07, 6.45) is 5.00. The average Bonchev–Trinajstić information content (AvgIpc) is 2.32. The third-order valence-corrected chi connectivity index (χ3v) is 3.90. The second-order valence-electron chi connectivity index (χ2n) is 4.69. The van der Waals surface area contributed by atoms with Crippen LogP contribution in [0.3, 0.4) is 0 Å². The number of halogens is 2. The average molecular weight is 258 g/mol. The molecule has 4 heteroatoms. The topological polar surface area (TPSA) is 35.2 Å². The predicted molar refractivity (Wildman–Crippen MR) is 66.9 cm³/mol. The first-order chi connectivity index (χ1) is 8.07. The van der Waals surface area contributed by atoms with Crippen LogP contribution in [-0.2, 0) is 5.54 Å². The van der Waals surface area contributed by atoms with E-state index < -0.39 is 5.54 Å². The number of hydrogen-bond acceptors (Lipinski definition) is 2. The molecule has 0 saturated heterocycles. The van der Waals surface area contributed by atoms with E-state index in [0.717, 1.165) is 25.7 Å². The SMILES string of the molecule is COc1cc(F)cc(C2(N)CCCCC2)c1Cl. The van der Waals surface area contributed by atoms with Crippen LogP contribution in [0.2, 0.25) is 5.02 Å². The molecule has 0 amide bonds. The lowest BCUT2D eigenvalue weighted by Crippen LogP contribution is -2.39. The van der Waals surface area contributed by atoms with E-state index >= 15 is 0 Å². The zero-order valence-corrected chi connectivity index (χ0v) is 10.7. The molecule has 17 heavy (non-hydrogen) atoms. The van der Waals surface area contributed by atoms with Gasteiger partial charge >= 0.3 is 0 Å². The molecule has 1 aromatic rings. The van der Waals surface area contributed by atoms with Crippen LogP contribution in [0.1, 0.15) is 37.7 Å². The van der Waals surface area contributed by atoms with E-state index in [1.54, 1.807) is 0 Å². The van der Waals surface area contributed by atoms with Gasteiger partial charge in [0.15, 0.2) is 0 Å². The van der Waals surface area contributed by atoms with Crippen LogP contribution < -0.4 is 10.5 Å². The van der Waals surface area contributed by atoms with Crippen LogP contribution in [0.5, 0.6) is 5.75 Å². The first-order valence-electron chi connectivity index (χ1n) is 5.89. The Morgan fingerprint density at radius 1 is 1.29 bits per heavy atom. The normalized spacial score (nSPS) is 19.1. The number of nitrogens with two attached hydrogens (primary N) is 1. The highest BCUT2D eigenvalue weighted by Crippen LogP contribution is 2.41. The van der Waals surface area contributed by atoms with Gasteiger partial charge in [-0.1, -0.05) is 30.9 Å². The fourth-order valence-corrected chi connectivity index (χ4v) is 2.90. The molecule has 0 bridgehead atoms. The molecule has 0 radical (unpaired) electrons. The van der Waals surface area contributed by atoms with Gasteiger partial charge in [-0.15, -0.1) is 0 Å². The molecule has 1 saturated carbocycles. The van der Waals surface area contributed by atoms with Crippen molar-refractivity contribution in [2.45, 2.75) is 37.6 Å². The summed E-state index contributed by atoms with van der Waals surface area (Å²) in [5.41, 5.74) is 6.53. The van der Waals surface area contributed by atoms with Gasteiger partial charge < -0.3 is 10.5 Å². The van der Waals surface area contributed by atoms with Crippen molar-refractivity contribution in [3.05, 3.63) is 28.5 Å². The molecule has 0 spiro atoms. The van der Waals surface area contributed by atoms with Crippen molar-refractivity contribution in [3.63, 3.8) is 0 Å². The molecule has 0 aromatic heterocycles. The van der Waals surface area contributed by atoms with Crippen LogP contribution in [0.25, 0.3) is 0 Å². The molecule has 0 aliphatic heterocycles. The van der Waals surface area contributed by atoms with Gasteiger partial charge in [0, 0.05) is 11.6 Å². The van der Waals surface area contributed by atoms with Gasteiger partial charge in [-0.05, 0) is 24.5 Å². The van der Waals surface area contributed by atoms with Crippen molar-refractivity contribution >= 4 is 11.6 Å². The Kier molecular flexibility index (Phi) is 3.59. The zero-order valence-electron chi connectivity index (χ0n) is 9.93. The molecule has 94 valence electrons. The Morgan fingerprint density at radius 2 is 1.94 bits per heavy atom. The van der Waals surface area contributed by atoms with Gasteiger partial charge in [0.1, 0.15) is 11.6 Å². The van der Waals surface area contributed by atoms with Gasteiger partial charge in [-0.3, -0.25) is 0 Å². The molecule has 1 aromatic carbocycles. The van der Waals surface area contributed by atoms with Crippen LogP contribution in [0.15, 0.2) is 12.1 Å². The molecule has 0 unspecified atom stereocenters. The van der Waals surface area contributed by atoms with Gasteiger partial charge in [0.25, 0.3) is 0 Å². The Labute approximate surface area is 106 Å². The minimum absolute atomic E-state index is 0.350. The summed E-state index contributed by atoms with van der Waals surface area (Å²) in [6.45, 7) is 0. The van der Waals surface area contributed by atoms with Gasteiger partial charge in [-0.25, -0.2) is 4.39 Å². The first-order valence-corrected chi connectivity index (χ1v) is 6.27. The summed E-state index contributed by atoms with van der Waals surface area (Å²) >= 11 is 6.23. The fourth-order valence-electron chi connectivity index (χ4n) is 2.53. The number of benzene rings is 1. The highest BCUT2D eigenvalue weighted by molar-refractivity contribution is 6.33. The molecule has 0 atom stereocenters. The quantitative estimate of drug-likeness (QED) is 0.879. The van der Waals surface area contributed by atoms with E-state index in [1.807, 2.05) is 0 Å². The standard InChI is InChI=1S/C13H17ClFNO/c1-17-11-8-9(15)7-10(12(11)14)13(16)5-3-2-4-6-13/h7-8H,2-6,16H2,1H3. The molecule has 0 heterocycles. The molecular weight excluding hydrogens is 241 g/mol. The second kappa shape index (κ2) is 4.83. The monoisotopic (exact) mass is 257 g/mol. The van der Waals surface area contributed by atoms with Crippen LogP contribution in [-0.4, -0.2) is 7.11 Å². The highest BCUT2D eigenvalue weighted by Gasteiger charge is 2.32. The maximum atomic E-state index is 13.5. The summed E-state index contributed by atoms with van der Waals surface area (Å²) in [5.74, 6) is 0.00807. The number of hydrogen-bond donors (Lipinski definition) is 1. The van der Waals surface area contributed by atoms with E-state index in [-0.39, 0.29) is 5.82 Å². The van der Waals surface area contributed by atoms with Crippen LogP contribution in [0.4, 0.5) is 4.39 Å². The lowest BCUT2D eigenvalue weighted by Gasteiger charge is -2.34.